The second kappa shape index (κ2) is 13.2. The molecule has 0 aromatic heterocycles. The van der Waals surface area contributed by atoms with Crippen molar-refractivity contribution in [3.05, 3.63) is 125 Å². The van der Waals surface area contributed by atoms with Crippen LogP contribution in [-0.4, -0.2) is 6.21 Å². The van der Waals surface area contributed by atoms with E-state index in [1.165, 1.54) is 46.0 Å². The van der Waals surface area contributed by atoms with Crippen molar-refractivity contribution in [2.24, 2.45) is 4.99 Å². The number of aryl methyl sites for hydroxylation is 2. The van der Waals surface area contributed by atoms with Crippen LogP contribution in [0, 0.1) is 6.92 Å². The van der Waals surface area contributed by atoms with Gasteiger partial charge in [0.2, 0.25) is 0 Å². The molecule has 3 heteroatoms. The fourth-order valence-corrected chi connectivity index (χ4v) is 5.73. The average molecular weight is 494 g/mol. The normalized spacial score (nSPS) is 12.4. The highest BCUT2D eigenvalue weighted by Crippen LogP contribution is 2.40. The molecular formula is C33H36NOP. The first kappa shape index (κ1) is 25.9. The van der Waals surface area contributed by atoms with E-state index in [4.69, 9.17) is 9.73 Å². The Hall–Kier alpha value is -3.22. The van der Waals surface area contributed by atoms with Gasteiger partial charge in [-0.25, -0.2) is 0 Å². The Morgan fingerprint density at radius 3 is 2.36 bits per heavy atom. The molecule has 0 fully saturated rings. The summed E-state index contributed by atoms with van der Waals surface area (Å²) in [6.07, 6.45) is 5.49. The van der Waals surface area contributed by atoms with Gasteiger partial charge in [0.25, 0.3) is 0 Å². The maximum absolute atomic E-state index is 6.45. The van der Waals surface area contributed by atoms with Crippen LogP contribution >= 0.6 is 8.58 Å². The van der Waals surface area contributed by atoms with Crippen molar-refractivity contribution < 1.29 is 4.74 Å². The molecule has 4 rings (SSSR count). The summed E-state index contributed by atoms with van der Waals surface area (Å²) in [5, 5.41) is 1.37. The molecule has 0 aliphatic rings. The number of para-hydroxylation sites is 1. The average Bonchev–Trinajstić information content (AvgIpc) is 2.92. The lowest BCUT2D eigenvalue weighted by atomic mass is 10.0. The molecule has 0 N–H and O–H groups in total. The molecule has 0 aliphatic heterocycles. The molecule has 2 unspecified atom stereocenters. The maximum Gasteiger partial charge on any atom is 0.123 e. The first-order valence-electron chi connectivity index (χ1n) is 12.9. The van der Waals surface area contributed by atoms with Crippen LogP contribution in [0.2, 0.25) is 0 Å². The molecule has 4 aromatic carbocycles. The van der Waals surface area contributed by atoms with Crippen molar-refractivity contribution in [1.82, 2.24) is 0 Å². The minimum absolute atomic E-state index is 0.334. The number of benzene rings is 4. The molecule has 4 aromatic rings. The van der Waals surface area contributed by atoms with Gasteiger partial charge in [-0.3, -0.25) is 4.99 Å². The van der Waals surface area contributed by atoms with E-state index in [-0.39, 0.29) is 0 Å². The lowest BCUT2D eigenvalue weighted by Crippen LogP contribution is -2.10. The summed E-state index contributed by atoms with van der Waals surface area (Å²) in [5.74, 6) is 1.01. The van der Waals surface area contributed by atoms with E-state index in [2.05, 4.69) is 81.4 Å². The molecule has 0 aliphatic carbocycles. The molecule has 0 heterocycles. The fraction of sp³-hybridized carbons (Fsp3) is 0.242. The van der Waals surface area contributed by atoms with Gasteiger partial charge in [-0.1, -0.05) is 108 Å². The highest BCUT2D eigenvalue weighted by atomic mass is 31.1. The summed E-state index contributed by atoms with van der Waals surface area (Å²) >= 11 is 0. The van der Waals surface area contributed by atoms with Crippen LogP contribution in [-0.2, 0) is 13.0 Å². The summed E-state index contributed by atoms with van der Waals surface area (Å²) in [5.41, 5.74) is 7.63. The van der Waals surface area contributed by atoms with Gasteiger partial charge in [0.15, 0.2) is 0 Å². The second-order valence-corrected chi connectivity index (χ2v) is 10.9. The zero-order valence-electron chi connectivity index (χ0n) is 21.6. The zero-order valence-corrected chi connectivity index (χ0v) is 22.6. The first-order chi connectivity index (χ1) is 17.6. The van der Waals surface area contributed by atoms with E-state index in [0.717, 1.165) is 17.9 Å². The van der Waals surface area contributed by atoms with E-state index in [1.807, 2.05) is 42.6 Å². The minimum Gasteiger partial charge on any atom is -0.489 e. The van der Waals surface area contributed by atoms with E-state index in [9.17, 15) is 0 Å². The van der Waals surface area contributed by atoms with Crippen LogP contribution in [0.25, 0.3) is 0 Å². The Balaban J connectivity index is 1.59. The lowest BCUT2D eigenvalue weighted by molar-refractivity contribution is 0.302. The monoisotopic (exact) mass is 493 g/mol. The third kappa shape index (κ3) is 7.15. The highest BCUT2D eigenvalue weighted by Gasteiger charge is 2.16. The zero-order chi connectivity index (χ0) is 25.2. The summed E-state index contributed by atoms with van der Waals surface area (Å²) in [4.78, 5) is 4.73. The molecule has 0 saturated carbocycles. The highest BCUT2D eigenvalue weighted by molar-refractivity contribution is 7.48. The van der Waals surface area contributed by atoms with Crippen molar-refractivity contribution in [3.63, 3.8) is 0 Å². The van der Waals surface area contributed by atoms with Gasteiger partial charge in [-0.2, -0.15) is 0 Å². The Morgan fingerprint density at radius 2 is 1.61 bits per heavy atom. The molecule has 2 nitrogen and oxygen atoms in total. The van der Waals surface area contributed by atoms with Gasteiger partial charge in [0.1, 0.15) is 12.4 Å². The van der Waals surface area contributed by atoms with Crippen LogP contribution in [0.3, 0.4) is 0 Å². The molecule has 0 saturated heterocycles. The molecule has 0 radical (unpaired) electrons. The standard InChI is InChI=1S/C33H36NOP/c1-4-5-14-27-20-21-31(32(22-27)35-24-28-15-8-6-9-16-28)26(3)36-33-25(2)13-12-17-29(33)23-34-30-18-10-7-11-19-30/h6-13,15-23,26,36H,4-5,14,24H2,1-3H3. The van der Waals surface area contributed by atoms with Gasteiger partial charge >= 0.3 is 0 Å². The van der Waals surface area contributed by atoms with Crippen LogP contribution in [0.5, 0.6) is 5.75 Å². The molecule has 36 heavy (non-hydrogen) atoms. The summed E-state index contributed by atoms with van der Waals surface area (Å²) in [6.45, 7) is 7.35. The van der Waals surface area contributed by atoms with E-state index < -0.39 is 0 Å². The second-order valence-electron chi connectivity index (χ2n) is 9.25. The summed E-state index contributed by atoms with van der Waals surface area (Å²) in [7, 11) is 0.615. The van der Waals surface area contributed by atoms with Crippen molar-refractivity contribution in [2.75, 3.05) is 0 Å². The van der Waals surface area contributed by atoms with Gasteiger partial charge in [-0.15, -0.1) is 0 Å². The van der Waals surface area contributed by atoms with Gasteiger partial charge < -0.3 is 4.74 Å². The van der Waals surface area contributed by atoms with Crippen LogP contribution in [0.15, 0.2) is 102 Å². The van der Waals surface area contributed by atoms with E-state index >= 15 is 0 Å². The number of rotatable bonds is 11. The Morgan fingerprint density at radius 1 is 0.861 bits per heavy atom. The molecule has 184 valence electrons. The molecule has 0 bridgehead atoms. The quantitative estimate of drug-likeness (QED) is 0.151. The van der Waals surface area contributed by atoms with Crippen molar-refractivity contribution >= 4 is 25.8 Å². The molecular weight excluding hydrogens is 457 g/mol. The number of hydrogen-bond donors (Lipinski definition) is 0. The van der Waals surface area contributed by atoms with Crippen LogP contribution in [0.1, 0.15) is 60.2 Å². The van der Waals surface area contributed by atoms with Gasteiger partial charge in [-0.05, 0) is 60.0 Å². The van der Waals surface area contributed by atoms with Crippen molar-refractivity contribution in [1.29, 1.82) is 0 Å². The number of ether oxygens (including phenoxy) is 1. The van der Waals surface area contributed by atoms with E-state index in [0.29, 0.717) is 20.8 Å². The number of unbranched alkanes of at least 4 members (excludes halogenated alkanes) is 1. The van der Waals surface area contributed by atoms with Crippen molar-refractivity contribution in [3.8, 4) is 5.75 Å². The van der Waals surface area contributed by atoms with Gasteiger partial charge in [0.05, 0.1) is 5.69 Å². The largest absolute Gasteiger partial charge is 0.489 e. The topological polar surface area (TPSA) is 21.6 Å². The minimum atomic E-state index is 0.334. The number of aliphatic imine (C=N–C) groups is 1. The van der Waals surface area contributed by atoms with Crippen molar-refractivity contribution in [2.45, 2.75) is 52.3 Å². The Labute approximate surface area is 218 Å². The number of hydrogen-bond acceptors (Lipinski definition) is 2. The lowest BCUT2D eigenvalue weighted by Gasteiger charge is -2.20. The SMILES string of the molecule is CCCCc1ccc(C(C)Pc2c(C)cccc2C=Nc2ccccc2)c(OCc2ccccc2)c1. The van der Waals surface area contributed by atoms with Gasteiger partial charge in [0, 0.05) is 23.0 Å². The molecule has 0 spiro atoms. The molecule has 2 atom stereocenters. The Kier molecular flexibility index (Phi) is 9.47. The third-order valence-corrected chi connectivity index (χ3v) is 8.09. The first-order valence-corrected chi connectivity index (χ1v) is 14.0. The summed E-state index contributed by atoms with van der Waals surface area (Å²) < 4.78 is 6.45. The smallest absolute Gasteiger partial charge is 0.123 e. The predicted octanol–water partition coefficient (Wildman–Crippen LogP) is 8.73. The van der Waals surface area contributed by atoms with Crippen LogP contribution < -0.4 is 10.0 Å². The number of nitrogens with zero attached hydrogens (tertiary/aromatic N) is 1. The summed E-state index contributed by atoms with van der Waals surface area (Å²) in [6, 6.07) is 33.9. The molecule has 0 amide bonds. The fourth-order valence-electron chi connectivity index (χ4n) is 4.28. The maximum atomic E-state index is 6.45. The van der Waals surface area contributed by atoms with Crippen LogP contribution in [0.4, 0.5) is 5.69 Å². The van der Waals surface area contributed by atoms with E-state index in [1.54, 1.807) is 0 Å². The third-order valence-electron chi connectivity index (χ3n) is 6.38. The Bertz CT molecular complexity index is 1270. The predicted molar refractivity (Wildman–Crippen MR) is 157 cm³/mol.